The first-order chi connectivity index (χ1) is 11.6. The summed E-state index contributed by atoms with van der Waals surface area (Å²) < 4.78 is 5.67. The first-order valence-electron chi connectivity index (χ1n) is 8.32. The molecule has 1 amide bonds. The van der Waals surface area contributed by atoms with Crippen molar-refractivity contribution in [2.75, 3.05) is 27.2 Å². The van der Waals surface area contributed by atoms with Crippen LogP contribution in [0.2, 0.25) is 0 Å². The summed E-state index contributed by atoms with van der Waals surface area (Å²) in [6.45, 7) is 3.05. The van der Waals surface area contributed by atoms with Gasteiger partial charge in [-0.2, -0.15) is 0 Å². The highest BCUT2D eigenvalue weighted by molar-refractivity contribution is 5.83. The van der Waals surface area contributed by atoms with Crippen molar-refractivity contribution < 1.29 is 9.53 Å². The molecule has 0 saturated heterocycles. The van der Waals surface area contributed by atoms with E-state index in [1.54, 1.807) is 0 Å². The molecular formula is C20H26N2O2. The monoisotopic (exact) mass is 326 g/mol. The van der Waals surface area contributed by atoms with E-state index in [9.17, 15) is 4.79 Å². The van der Waals surface area contributed by atoms with Crippen LogP contribution < -0.4 is 10.1 Å². The quantitative estimate of drug-likeness (QED) is 0.758. The molecule has 0 fully saturated rings. The van der Waals surface area contributed by atoms with E-state index in [1.807, 2.05) is 61.5 Å². The molecule has 4 nitrogen and oxygen atoms in total. The Kier molecular flexibility index (Phi) is 6.82. The smallest absolute Gasteiger partial charge is 0.242 e. The Labute approximate surface area is 144 Å². The number of hydrogen-bond acceptors (Lipinski definition) is 3. The van der Waals surface area contributed by atoms with Crippen molar-refractivity contribution in [3.8, 4) is 5.75 Å². The number of nitrogens with one attached hydrogen (secondary N) is 1. The predicted octanol–water partition coefficient (Wildman–Crippen LogP) is 3.05. The minimum absolute atomic E-state index is 0.0175. The average molecular weight is 326 g/mol. The molecule has 0 aliphatic rings. The molecule has 1 unspecified atom stereocenters. The van der Waals surface area contributed by atoms with Crippen LogP contribution in [0.25, 0.3) is 0 Å². The minimum atomic E-state index is -0.296. The fraction of sp³-hybridized carbons (Fsp3) is 0.350. The zero-order valence-electron chi connectivity index (χ0n) is 14.7. The molecule has 0 aliphatic carbocycles. The molecule has 2 rings (SSSR count). The Morgan fingerprint density at radius 2 is 1.75 bits per heavy atom. The summed E-state index contributed by atoms with van der Waals surface area (Å²) in [7, 11) is 3.81. The molecule has 128 valence electrons. The summed E-state index contributed by atoms with van der Waals surface area (Å²) in [6, 6.07) is 17.5. The summed E-state index contributed by atoms with van der Waals surface area (Å²) in [5.41, 5.74) is 2.27. The molecule has 1 N–H and O–H groups in total. The van der Waals surface area contributed by atoms with Crippen molar-refractivity contribution >= 4 is 5.91 Å². The molecule has 4 heteroatoms. The van der Waals surface area contributed by atoms with E-state index in [0.717, 1.165) is 17.7 Å². The van der Waals surface area contributed by atoms with Crippen LogP contribution in [-0.2, 0) is 11.2 Å². The van der Waals surface area contributed by atoms with Gasteiger partial charge >= 0.3 is 0 Å². The van der Waals surface area contributed by atoms with Crippen molar-refractivity contribution in [2.24, 2.45) is 0 Å². The van der Waals surface area contributed by atoms with Crippen molar-refractivity contribution in [1.82, 2.24) is 10.2 Å². The van der Waals surface area contributed by atoms with Crippen LogP contribution in [-0.4, -0.2) is 38.1 Å². The molecule has 1 atom stereocenters. The summed E-state index contributed by atoms with van der Waals surface area (Å²) in [5, 5.41) is 2.95. The molecule has 0 aliphatic heterocycles. The lowest BCUT2D eigenvalue weighted by molar-refractivity contribution is -0.125. The number of nitrogens with zero attached hydrogens (tertiary/aromatic N) is 1. The summed E-state index contributed by atoms with van der Waals surface area (Å²) in [5.74, 6) is 0.810. The molecule has 0 aromatic heterocycles. The Hall–Kier alpha value is -2.33. The summed E-state index contributed by atoms with van der Waals surface area (Å²) >= 11 is 0. The van der Waals surface area contributed by atoms with Gasteiger partial charge in [-0.25, -0.2) is 0 Å². The first kappa shape index (κ1) is 18.0. The van der Waals surface area contributed by atoms with Crippen molar-refractivity contribution in [2.45, 2.75) is 19.4 Å². The van der Waals surface area contributed by atoms with Gasteiger partial charge < -0.3 is 10.1 Å². The van der Waals surface area contributed by atoms with Gasteiger partial charge in [0.1, 0.15) is 18.4 Å². The standard InChI is InChI=1S/C20H26N2O2/c1-4-16-10-12-18(13-11-16)24-15-14-21-20(23)19(22(2)3)17-8-6-5-7-9-17/h5-13,19H,4,14-15H2,1-3H3,(H,21,23). The third-order valence-electron chi connectivity index (χ3n) is 3.88. The zero-order chi connectivity index (χ0) is 17.4. The predicted molar refractivity (Wildman–Crippen MR) is 97.2 cm³/mol. The second kappa shape index (κ2) is 9.08. The van der Waals surface area contributed by atoms with Crippen LogP contribution >= 0.6 is 0 Å². The molecule has 0 spiro atoms. The van der Waals surface area contributed by atoms with Gasteiger partial charge in [0.2, 0.25) is 5.91 Å². The van der Waals surface area contributed by atoms with E-state index in [-0.39, 0.29) is 11.9 Å². The zero-order valence-corrected chi connectivity index (χ0v) is 14.7. The van der Waals surface area contributed by atoms with Crippen LogP contribution in [0.3, 0.4) is 0 Å². The number of carbonyl (C=O) groups is 1. The lowest BCUT2D eigenvalue weighted by Crippen LogP contribution is -2.38. The topological polar surface area (TPSA) is 41.6 Å². The van der Waals surface area contributed by atoms with E-state index >= 15 is 0 Å². The fourth-order valence-corrected chi connectivity index (χ4v) is 2.58. The maximum atomic E-state index is 12.5. The maximum absolute atomic E-state index is 12.5. The third kappa shape index (κ3) is 5.10. The van der Waals surface area contributed by atoms with Crippen LogP contribution in [0, 0.1) is 0 Å². The Bertz CT molecular complexity index is 624. The molecule has 0 bridgehead atoms. The highest BCUT2D eigenvalue weighted by Gasteiger charge is 2.22. The molecule has 0 heterocycles. The van der Waals surface area contributed by atoms with Gasteiger partial charge in [-0.3, -0.25) is 9.69 Å². The normalized spacial score (nSPS) is 12.0. The van der Waals surface area contributed by atoms with Gasteiger partial charge in [0.25, 0.3) is 0 Å². The lowest BCUT2D eigenvalue weighted by Gasteiger charge is -2.23. The number of benzene rings is 2. The number of amides is 1. The highest BCUT2D eigenvalue weighted by Crippen LogP contribution is 2.17. The van der Waals surface area contributed by atoms with Gasteiger partial charge in [-0.05, 0) is 43.8 Å². The second-order valence-corrected chi connectivity index (χ2v) is 5.91. The van der Waals surface area contributed by atoms with E-state index in [4.69, 9.17) is 4.74 Å². The molecular weight excluding hydrogens is 300 g/mol. The lowest BCUT2D eigenvalue weighted by atomic mass is 10.1. The molecule has 2 aromatic rings. The Morgan fingerprint density at radius 3 is 2.33 bits per heavy atom. The second-order valence-electron chi connectivity index (χ2n) is 5.91. The van der Waals surface area contributed by atoms with Crippen LogP contribution in [0.5, 0.6) is 5.75 Å². The van der Waals surface area contributed by atoms with E-state index in [1.165, 1.54) is 5.56 Å². The molecule has 2 aromatic carbocycles. The van der Waals surface area contributed by atoms with Crippen molar-refractivity contribution in [1.29, 1.82) is 0 Å². The van der Waals surface area contributed by atoms with Crippen LogP contribution in [0.15, 0.2) is 54.6 Å². The average Bonchev–Trinajstić information content (AvgIpc) is 2.60. The minimum Gasteiger partial charge on any atom is -0.492 e. The van der Waals surface area contributed by atoms with Crippen LogP contribution in [0.4, 0.5) is 0 Å². The van der Waals surface area contributed by atoms with Gasteiger partial charge in [0.15, 0.2) is 0 Å². The van der Waals surface area contributed by atoms with Crippen molar-refractivity contribution in [3.63, 3.8) is 0 Å². The van der Waals surface area contributed by atoms with Gasteiger partial charge in [0, 0.05) is 0 Å². The highest BCUT2D eigenvalue weighted by atomic mass is 16.5. The van der Waals surface area contributed by atoms with E-state index < -0.39 is 0 Å². The fourth-order valence-electron chi connectivity index (χ4n) is 2.58. The van der Waals surface area contributed by atoms with E-state index in [0.29, 0.717) is 13.2 Å². The largest absolute Gasteiger partial charge is 0.492 e. The number of hydrogen-bond donors (Lipinski definition) is 1. The van der Waals surface area contributed by atoms with Gasteiger partial charge in [0.05, 0.1) is 6.54 Å². The van der Waals surface area contributed by atoms with Gasteiger partial charge in [-0.1, -0.05) is 49.4 Å². The molecule has 0 radical (unpaired) electrons. The van der Waals surface area contributed by atoms with Gasteiger partial charge in [-0.15, -0.1) is 0 Å². The number of aryl methyl sites for hydroxylation is 1. The summed E-state index contributed by atoms with van der Waals surface area (Å²) in [6.07, 6.45) is 1.02. The summed E-state index contributed by atoms with van der Waals surface area (Å²) in [4.78, 5) is 14.4. The molecule has 24 heavy (non-hydrogen) atoms. The Balaban J connectivity index is 1.82. The number of rotatable bonds is 8. The van der Waals surface area contributed by atoms with Crippen molar-refractivity contribution in [3.05, 3.63) is 65.7 Å². The molecule has 0 saturated carbocycles. The number of carbonyl (C=O) groups excluding carboxylic acids is 1. The van der Waals surface area contributed by atoms with E-state index in [2.05, 4.69) is 24.4 Å². The first-order valence-corrected chi connectivity index (χ1v) is 8.32. The maximum Gasteiger partial charge on any atom is 0.242 e. The third-order valence-corrected chi connectivity index (χ3v) is 3.88. The number of ether oxygens (including phenoxy) is 1. The SMILES string of the molecule is CCc1ccc(OCCNC(=O)C(c2ccccc2)N(C)C)cc1. The number of likely N-dealkylation sites (N-methyl/N-ethyl adjacent to an activating group) is 1. The van der Waals surface area contributed by atoms with Crippen LogP contribution in [0.1, 0.15) is 24.1 Å². The Morgan fingerprint density at radius 1 is 1.08 bits per heavy atom.